The molecular weight excluding hydrogens is 228 g/mol. The Kier molecular flexibility index (Phi) is 2.51. The Hall–Kier alpha value is -1.97. The molecule has 0 spiro atoms. The Morgan fingerprint density at radius 3 is 2.94 bits per heavy atom. The minimum Gasteiger partial charge on any atom is -0.451 e. The van der Waals surface area contributed by atoms with Crippen LogP contribution in [0.15, 0.2) is 28.7 Å². The van der Waals surface area contributed by atoms with Gasteiger partial charge in [-0.2, -0.15) is 0 Å². The maximum atomic E-state index is 12.2. The van der Waals surface area contributed by atoms with Gasteiger partial charge in [0.1, 0.15) is 5.58 Å². The van der Waals surface area contributed by atoms with Crippen molar-refractivity contribution in [2.24, 2.45) is 5.92 Å². The summed E-state index contributed by atoms with van der Waals surface area (Å²) in [7, 11) is 1.82. The Bertz CT molecular complexity index is 599. The number of benzene rings is 1. The second-order valence-corrected chi connectivity index (χ2v) is 5.04. The summed E-state index contributed by atoms with van der Waals surface area (Å²) < 4.78 is 5.56. The van der Waals surface area contributed by atoms with Gasteiger partial charge in [-0.1, -0.05) is 0 Å². The number of carbonyl (C=O) groups excluding carboxylic acids is 1. The summed E-state index contributed by atoms with van der Waals surface area (Å²) in [6.45, 7) is 0.817. The number of furan rings is 1. The molecule has 3 rings (SSSR count). The zero-order valence-electron chi connectivity index (χ0n) is 10.3. The van der Waals surface area contributed by atoms with Crippen molar-refractivity contribution in [2.75, 3.05) is 19.3 Å². The third kappa shape index (κ3) is 2.06. The molecule has 18 heavy (non-hydrogen) atoms. The third-order valence-corrected chi connectivity index (χ3v) is 3.33. The number of fused-ring (bicyclic) bond motifs is 1. The topological polar surface area (TPSA) is 59.5 Å². The molecule has 1 saturated carbocycles. The standard InChI is InChI=1S/C14H16N2O2/c1-16(8-9-2-3-9)14(17)13-7-10-6-11(15)4-5-12(10)18-13/h4-7,9H,2-3,8,15H2,1H3. The highest BCUT2D eigenvalue weighted by atomic mass is 16.3. The number of anilines is 1. The van der Waals surface area contributed by atoms with Crippen molar-refractivity contribution in [3.8, 4) is 0 Å². The minimum atomic E-state index is -0.0586. The van der Waals surface area contributed by atoms with Crippen molar-refractivity contribution in [1.82, 2.24) is 4.90 Å². The highest BCUT2D eigenvalue weighted by Gasteiger charge is 2.26. The van der Waals surface area contributed by atoms with E-state index >= 15 is 0 Å². The Morgan fingerprint density at radius 1 is 1.44 bits per heavy atom. The summed E-state index contributed by atoms with van der Waals surface area (Å²) >= 11 is 0. The first-order chi connectivity index (χ1) is 8.63. The Balaban J connectivity index is 1.86. The van der Waals surface area contributed by atoms with E-state index in [-0.39, 0.29) is 5.91 Å². The van der Waals surface area contributed by atoms with Gasteiger partial charge in [0.15, 0.2) is 5.76 Å². The lowest BCUT2D eigenvalue weighted by Gasteiger charge is -2.14. The van der Waals surface area contributed by atoms with Crippen molar-refractivity contribution < 1.29 is 9.21 Å². The lowest BCUT2D eigenvalue weighted by atomic mass is 10.2. The molecule has 1 aliphatic carbocycles. The van der Waals surface area contributed by atoms with Gasteiger partial charge in [-0.25, -0.2) is 0 Å². The molecule has 1 amide bonds. The zero-order valence-corrected chi connectivity index (χ0v) is 10.3. The summed E-state index contributed by atoms with van der Waals surface area (Å²) in [6, 6.07) is 7.14. The van der Waals surface area contributed by atoms with E-state index in [1.807, 2.05) is 13.1 Å². The van der Waals surface area contributed by atoms with Gasteiger partial charge in [-0.3, -0.25) is 4.79 Å². The first-order valence-corrected chi connectivity index (χ1v) is 6.18. The number of nitrogen functional groups attached to an aromatic ring is 1. The fraction of sp³-hybridized carbons (Fsp3) is 0.357. The molecule has 2 aromatic rings. The van der Waals surface area contributed by atoms with Crippen LogP contribution < -0.4 is 5.73 Å². The highest BCUT2D eigenvalue weighted by molar-refractivity contribution is 5.96. The van der Waals surface area contributed by atoms with Crippen LogP contribution in [0.2, 0.25) is 0 Å². The molecule has 4 nitrogen and oxygen atoms in total. The molecule has 1 fully saturated rings. The second-order valence-electron chi connectivity index (χ2n) is 5.04. The number of amides is 1. The zero-order chi connectivity index (χ0) is 12.7. The van der Waals surface area contributed by atoms with Crippen molar-refractivity contribution >= 4 is 22.6 Å². The number of hydrogen-bond donors (Lipinski definition) is 1. The predicted molar refractivity (Wildman–Crippen MR) is 70.3 cm³/mol. The fourth-order valence-corrected chi connectivity index (χ4v) is 2.13. The van der Waals surface area contributed by atoms with Gasteiger partial charge in [-0.15, -0.1) is 0 Å². The molecular formula is C14H16N2O2. The molecule has 0 saturated heterocycles. The molecule has 0 atom stereocenters. The summed E-state index contributed by atoms with van der Waals surface area (Å²) in [6.07, 6.45) is 2.46. The van der Waals surface area contributed by atoms with Crippen LogP contribution in [-0.2, 0) is 0 Å². The van der Waals surface area contributed by atoms with E-state index in [0.29, 0.717) is 22.9 Å². The van der Waals surface area contributed by atoms with Crippen molar-refractivity contribution in [3.05, 3.63) is 30.0 Å². The lowest BCUT2D eigenvalue weighted by molar-refractivity contribution is 0.0759. The minimum absolute atomic E-state index is 0.0586. The van der Waals surface area contributed by atoms with Crippen LogP contribution in [0, 0.1) is 5.92 Å². The smallest absolute Gasteiger partial charge is 0.289 e. The van der Waals surface area contributed by atoms with Crippen LogP contribution in [0.3, 0.4) is 0 Å². The average Bonchev–Trinajstić information content (AvgIpc) is 3.05. The van der Waals surface area contributed by atoms with E-state index in [2.05, 4.69) is 0 Å². The van der Waals surface area contributed by atoms with Gasteiger partial charge < -0.3 is 15.1 Å². The van der Waals surface area contributed by atoms with E-state index in [4.69, 9.17) is 10.2 Å². The predicted octanol–water partition coefficient (Wildman–Crippen LogP) is 2.50. The molecule has 2 N–H and O–H groups in total. The molecule has 1 heterocycles. The van der Waals surface area contributed by atoms with E-state index < -0.39 is 0 Å². The van der Waals surface area contributed by atoms with E-state index in [0.717, 1.165) is 11.9 Å². The van der Waals surface area contributed by atoms with Gasteiger partial charge in [-0.05, 0) is 43.0 Å². The number of nitrogens with zero attached hydrogens (tertiary/aromatic N) is 1. The molecule has 1 aromatic heterocycles. The number of hydrogen-bond acceptors (Lipinski definition) is 3. The number of nitrogens with two attached hydrogens (primary N) is 1. The van der Waals surface area contributed by atoms with Crippen molar-refractivity contribution in [3.63, 3.8) is 0 Å². The fourth-order valence-electron chi connectivity index (χ4n) is 2.13. The van der Waals surface area contributed by atoms with E-state index in [9.17, 15) is 4.79 Å². The third-order valence-electron chi connectivity index (χ3n) is 3.33. The average molecular weight is 244 g/mol. The first-order valence-electron chi connectivity index (χ1n) is 6.18. The lowest BCUT2D eigenvalue weighted by Crippen LogP contribution is -2.28. The van der Waals surface area contributed by atoms with Crippen molar-refractivity contribution in [1.29, 1.82) is 0 Å². The van der Waals surface area contributed by atoms with Crippen LogP contribution in [0.1, 0.15) is 23.4 Å². The molecule has 0 aliphatic heterocycles. The van der Waals surface area contributed by atoms with Crippen LogP contribution in [-0.4, -0.2) is 24.4 Å². The SMILES string of the molecule is CN(CC1CC1)C(=O)c1cc2cc(N)ccc2o1. The molecule has 0 unspecified atom stereocenters. The van der Waals surface area contributed by atoms with Crippen LogP contribution >= 0.6 is 0 Å². The van der Waals surface area contributed by atoms with Gasteiger partial charge in [0.05, 0.1) is 0 Å². The van der Waals surface area contributed by atoms with Crippen molar-refractivity contribution in [2.45, 2.75) is 12.8 Å². The summed E-state index contributed by atoms with van der Waals surface area (Å²) in [5, 5.41) is 0.873. The van der Waals surface area contributed by atoms with Gasteiger partial charge in [0.2, 0.25) is 0 Å². The molecule has 0 bridgehead atoms. The largest absolute Gasteiger partial charge is 0.451 e. The molecule has 1 aromatic carbocycles. The summed E-state index contributed by atoms with van der Waals surface area (Å²) in [5.41, 5.74) is 7.08. The first kappa shape index (κ1) is 11.1. The van der Waals surface area contributed by atoms with Crippen LogP contribution in [0.5, 0.6) is 0 Å². The maximum absolute atomic E-state index is 12.2. The molecule has 4 heteroatoms. The quantitative estimate of drug-likeness (QED) is 0.844. The monoisotopic (exact) mass is 244 g/mol. The molecule has 1 aliphatic rings. The Labute approximate surface area is 105 Å². The highest BCUT2D eigenvalue weighted by Crippen LogP contribution is 2.30. The van der Waals surface area contributed by atoms with Gasteiger partial charge in [0.25, 0.3) is 5.91 Å². The molecule has 94 valence electrons. The number of rotatable bonds is 3. The van der Waals surface area contributed by atoms with E-state index in [1.165, 1.54) is 12.8 Å². The Morgan fingerprint density at radius 2 is 2.22 bits per heavy atom. The van der Waals surface area contributed by atoms with Gasteiger partial charge >= 0.3 is 0 Å². The summed E-state index contributed by atoms with van der Waals surface area (Å²) in [5.74, 6) is 1.01. The summed E-state index contributed by atoms with van der Waals surface area (Å²) in [4.78, 5) is 13.9. The van der Waals surface area contributed by atoms with Crippen LogP contribution in [0.4, 0.5) is 5.69 Å². The number of carbonyl (C=O) groups is 1. The normalized spacial score (nSPS) is 14.9. The van der Waals surface area contributed by atoms with Crippen LogP contribution in [0.25, 0.3) is 11.0 Å². The van der Waals surface area contributed by atoms with E-state index in [1.54, 1.807) is 23.1 Å². The van der Waals surface area contributed by atoms with Gasteiger partial charge in [0, 0.05) is 24.7 Å². The maximum Gasteiger partial charge on any atom is 0.289 e. The molecule has 0 radical (unpaired) electrons. The second kappa shape index (κ2) is 4.05.